The molecule has 1 rings (SSSR count). The molecule has 0 saturated carbocycles. The molecule has 0 atom stereocenters. The van der Waals surface area contributed by atoms with Gasteiger partial charge in [-0.3, -0.25) is 0 Å². The molecule has 1 saturated heterocycles. The number of nitrogens with zero attached hydrogens (tertiary/aromatic N) is 1. The lowest BCUT2D eigenvalue weighted by Crippen LogP contribution is -2.45. The second-order valence-electron chi connectivity index (χ2n) is 5.97. The van der Waals surface area contributed by atoms with E-state index in [0.29, 0.717) is 37.4 Å². The maximum Gasteiger partial charge on any atom is 0.279 e. The van der Waals surface area contributed by atoms with Gasteiger partial charge in [-0.05, 0) is 30.6 Å². The molecule has 5 heteroatoms. The average molecular weight is 276 g/mol. The monoisotopic (exact) mass is 276 g/mol. The lowest BCUT2D eigenvalue weighted by molar-refractivity contribution is 0.282. The van der Waals surface area contributed by atoms with Crippen LogP contribution in [0.3, 0.4) is 0 Å². The highest BCUT2D eigenvalue weighted by molar-refractivity contribution is 7.87. The van der Waals surface area contributed by atoms with E-state index in [0.717, 1.165) is 19.3 Å². The normalized spacial score (nSPS) is 19.1. The van der Waals surface area contributed by atoms with Crippen LogP contribution in [0.4, 0.5) is 0 Å². The van der Waals surface area contributed by atoms with E-state index in [1.807, 2.05) is 0 Å². The largest absolute Gasteiger partial charge is 0.279 e. The van der Waals surface area contributed by atoms with Crippen molar-refractivity contribution in [3.63, 3.8) is 0 Å². The van der Waals surface area contributed by atoms with Crippen LogP contribution < -0.4 is 4.72 Å². The van der Waals surface area contributed by atoms with E-state index in [1.165, 1.54) is 0 Å². The Kier molecular flexibility index (Phi) is 6.08. The molecule has 1 fully saturated rings. The number of nitrogens with one attached hydrogen (secondary N) is 1. The van der Waals surface area contributed by atoms with Crippen molar-refractivity contribution in [3.05, 3.63) is 0 Å². The zero-order chi connectivity index (χ0) is 13.8. The van der Waals surface area contributed by atoms with Crippen molar-refractivity contribution in [3.8, 4) is 0 Å². The molecule has 108 valence electrons. The van der Waals surface area contributed by atoms with E-state index in [1.54, 1.807) is 4.31 Å². The molecule has 0 unspecified atom stereocenters. The third kappa shape index (κ3) is 4.52. The Bertz CT molecular complexity index is 325. The first-order valence-electron chi connectivity index (χ1n) is 7.09. The molecule has 0 radical (unpaired) electrons. The van der Waals surface area contributed by atoms with Gasteiger partial charge in [0.25, 0.3) is 10.2 Å². The van der Waals surface area contributed by atoms with Crippen LogP contribution in [0.15, 0.2) is 0 Å². The topological polar surface area (TPSA) is 49.4 Å². The lowest BCUT2D eigenvalue weighted by Gasteiger charge is -2.29. The Morgan fingerprint density at radius 1 is 1.00 bits per heavy atom. The molecule has 0 bridgehead atoms. The first-order valence-corrected chi connectivity index (χ1v) is 8.53. The van der Waals surface area contributed by atoms with Gasteiger partial charge in [0.1, 0.15) is 0 Å². The van der Waals surface area contributed by atoms with Crippen molar-refractivity contribution in [2.75, 3.05) is 19.6 Å². The predicted molar refractivity (Wildman–Crippen MR) is 75.5 cm³/mol. The number of rotatable bonds is 6. The third-order valence-corrected chi connectivity index (χ3v) is 5.45. The lowest BCUT2D eigenvalue weighted by atomic mass is 9.86. The summed E-state index contributed by atoms with van der Waals surface area (Å²) in [7, 11) is -3.26. The summed E-state index contributed by atoms with van der Waals surface area (Å²) in [5, 5.41) is 0. The van der Waals surface area contributed by atoms with Crippen LogP contribution in [-0.4, -0.2) is 32.4 Å². The molecule has 0 aromatic heterocycles. The Balaban J connectivity index is 2.54. The summed E-state index contributed by atoms with van der Waals surface area (Å²) in [6.07, 6.45) is 3.12. The number of hydrogen-bond acceptors (Lipinski definition) is 2. The van der Waals surface area contributed by atoms with E-state index in [2.05, 4.69) is 32.4 Å². The van der Waals surface area contributed by atoms with Crippen molar-refractivity contribution in [1.29, 1.82) is 0 Å². The van der Waals surface area contributed by atoms with Gasteiger partial charge in [0.05, 0.1) is 0 Å². The Morgan fingerprint density at radius 2 is 1.50 bits per heavy atom. The van der Waals surface area contributed by atoms with Crippen LogP contribution in [0.5, 0.6) is 0 Å². The quantitative estimate of drug-likeness (QED) is 0.809. The highest BCUT2D eigenvalue weighted by Crippen LogP contribution is 2.20. The molecule has 1 N–H and O–H groups in total. The standard InChI is InChI=1S/C13H28N2O2S/c1-11(2)13(12(3)4)10-14-18(16,17)15-8-6-5-7-9-15/h11-14H,5-10H2,1-4H3. The summed E-state index contributed by atoms with van der Waals surface area (Å²) >= 11 is 0. The molecule has 0 amide bonds. The van der Waals surface area contributed by atoms with E-state index >= 15 is 0 Å². The van der Waals surface area contributed by atoms with Gasteiger partial charge in [0.2, 0.25) is 0 Å². The molecule has 1 heterocycles. The summed E-state index contributed by atoms with van der Waals surface area (Å²) in [5.74, 6) is 1.38. The third-order valence-electron chi connectivity index (χ3n) is 3.87. The Morgan fingerprint density at radius 3 is 1.94 bits per heavy atom. The number of piperidine rings is 1. The average Bonchev–Trinajstić information content (AvgIpc) is 2.29. The Hall–Kier alpha value is -0.130. The molecule has 1 aliphatic heterocycles. The van der Waals surface area contributed by atoms with E-state index in [-0.39, 0.29) is 0 Å². The summed E-state index contributed by atoms with van der Waals surface area (Å²) in [6.45, 7) is 10.5. The van der Waals surface area contributed by atoms with Gasteiger partial charge >= 0.3 is 0 Å². The molecule has 0 aromatic carbocycles. The van der Waals surface area contributed by atoms with Crippen molar-refractivity contribution >= 4 is 10.2 Å². The molecule has 0 aliphatic carbocycles. The van der Waals surface area contributed by atoms with Crippen molar-refractivity contribution in [2.45, 2.75) is 47.0 Å². The molecule has 1 aliphatic rings. The molecule has 18 heavy (non-hydrogen) atoms. The molecular weight excluding hydrogens is 248 g/mol. The summed E-state index contributed by atoms with van der Waals surface area (Å²) < 4.78 is 28.7. The summed E-state index contributed by atoms with van der Waals surface area (Å²) in [4.78, 5) is 0. The summed E-state index contributed by atoms with van der Waals surface area (Å²) in [5.41, 5.74) is 0. The maximum atomic E-state index is 12.2. The van der Waals surface area contributed by atoms with Gasteiger partial charge in [-0.1, -0.05) is 34.1 Å². The van der Waals surface area contributed by atoms with Crippen molar-refractivity contribution < 1.29 is 8.42 Å². The molecular formula is C13H28N2O2S. The zero-order valence-electron chi connectivity index (χ0n) is 12.1. The minimum Gasteiger partial charge on any atom is -0.202 e. The fourth-order valence-electron chi connectivity index (χ4n) is 2.64. The van der Waals surface area contributed by atoms with E-state index < -0.39 is 10.2 Å². The van der Waals surface area contributed by atoms with Gasteiger partial charge in [0, 0.05) is 19.6 Å². The van der Waals surface area contributed by atoms with Crippen LogP contribution in [0, 0.1) is 17.8 Å². The van der Waals surface area contributed by atoms with Crippen LogP contribution >= 0.6 is 0 Å². The van der Waals surface area contributed by atoms with Crippen LogP contribution in [0.1, 0.15) is 47.0 Å². The predicted octanol–water partition coefficient (Wildman–Crippen LogP) is 2.23. The van der Waals surface area contributed by atoms with Crippen molar-refractivity contribution in [1.82, 2.24) is 9.03 Å². The van der Waals surface area contributed by atoms with Gasteiger partial charge < -0.3 is 0 Å². The SMILES string of the molecule is CC(C)C(CNS(=O)(=O)N1CCCCC1)C(C)C. The Labute approximate surface area is 112 Å². The van der Waals surface area contributed by atoms with Gasteiger partial charge in [-0.15, -0.1) is 0 Å². The second kappa shape index (κ2) is 6.87. The molecule has 0 aromatic rings. The van der Waals surface area contributed by atoms with Gasteiger partial charge in [0.15, 0.2) is 0 Å². The molecule has 4 nitrogen and oxygen atoms in total. The second-order valence-corrected chi connectivity index (χ2v) is 7.72. The van der Waals surface area contributed by atoms with E-state index in [4.69, 9.17) is 0 Å². The highest BCUT2D eigenvalue weighted by Gasteiger charge is 2.26. The minimum atomic E-state index is -3.26. The zero-order valence-corrected chi connectivity index (χ0v) is 13.0. The fraction of sp³-hybridized carbons (Fsp3) is 1.00. The summed E-state index contributed by atoms with van der Waals surface area (Å²) in [6, 6.07) is 0. The fourth-order valence-corrected chi connectivity index (χ4v) is 3.96. The number of hydrogen-bond donors (Lipinski definition) is 1. The van der Waals surface area contributed by atoms with Crippen LogP contribution in [0.2, 0.25) is 0 Å². The maximum absolute atomic E-state index is 12.2. The van der Waals surface area contributed by atoms with E-state index in [9.17, 15) is 8.42 Å². The minimum absolute atomic E-state index is 0.393. The smallest absolute Gasteiger partial charge is 0.202 e. The highest BCUT2D eigenvalue weighted by atomic mass is 32.2. The van der Waals surface area contributed by atoms with Crippen molar-refractivity contribution in [2.24, 2.45) is 17.8 Å². The first kappa shape index (κ1) is 15.9. The van der Waals surface area contributed by atoms with Gasteiger partial charge in [-0.2, -0.15) is 12.7 Å². The van der Waals surface area contributed by atoms with Gasteiger partial charge in [-0.25, -0.2) is 4.72 Å². The van der Waals surface area contributed by atoms with Crippen LogP contribution in [0.25, 0.3) is 0 Å². The first-order chi connectivity index (χ1) is 8.34. The molecule has 0 spiro atoms. The van der Waals surface area contributed by atoms with Crippen LogP contribution in [-0.2, 0) is 10.2 Å².